The molecule has 0 unspecified atom stereocenters. The Kier molecular flexibility index (Phi) is 11.3. The van der Waals surface area contributed by atoms with Crippen molar-refractivity contribution in [2.24, 2.45) is 0 Å². The van der Waals surface area contributed by atoms with Crippen LogP contribution in [-0.2, 0) is 12.8 Å². The molecule has 5 heteroatoms. The van der Waals surface area contributed by atoms with Crippen LogP contribution in [0.4, 0.5) is 17.6 Å². The number of hydrogen-bond acceptors (Lipinski definition) is 0. The van der Waals surface area contributed by atoms with Gasteiger partial charge in [0.25, 0.3) is 0 Å². The molecule has 0 N–H and O–H groups in total. The van der Waals surface area contributed by atoms with Gasteiger partial charge in [-0.3, -0.25) is 0 Å². The van der Waals surface area contributed by atoms with Crippen LogP contribution >= 0.6 is 15.9 Å². The van der Waals surface area contributed by atoms with E-state index in [2.05, 4.69) is 29.8 Å². The van der Waals surface area contributed by atoms with Gasteiger partial charge >= 0.3 is 0 Å². The fourth-order valence-electron chi connectivity index (χ4n) is 2.67. The summed E-state index contributed by atoms with van der Waals surface area (Å²) in [6.45, 7) is 4.20. The summed E-state index contributed by atoms with van der Waals surface area (Å²) in [7, 11) is 0. The van der Waals surface area contributed by atoms with Crippen LogP contribution in [0, 0.1) is 23.3 Å². The van der Waals surface area contributed by atoms with E-state index in [1.807, 2.05) is 0 Å². The van der Waals surface area contributed by atoms with Crippen LogP contribution in [-0.4, -0.2) is 0 Å². The van der Waals surface area contributed by atoms with Crippen molar-refractivity contribution in [1.82, 2.24) is 0 Å². The van der Waals surface area contributed by atoms with E-state index in [1.54, 1.807) is 0 Å². The zero-order valence-electron chi connectivity index (χ0n) is 15.9. The molecule has 0 aromatic heterocycles. The summed E-state index contributed by atoms with van der Waals surface area (Å²) < 4.78 is 51.4. The second-order valence-corrected chi connectivity index (χ2v) is 7.36. The Morgan fingerprint density at radius 3 is 1.44 bits per heavy atom. The SMILES string of the molecule is CCCCCc1cc(F)c(Br)c(F)c1.CCCCCc1cc(F)cc(F)c1. The van der Waals surface area contributed by atoms with Gasteiger partial charge in [-0.25, -0.2) is 17.6 Å². The Hall–Kier alpha value is -1.36. The molecule has 0 saturated heterocycles. The maximum absolute atomic E-state index is 13.1. The molecule has 0 atom stereocenters. The standard InChI is InChI=1S/C11H13BrF2.C11H14F2/c1-2-3-4-5-8-6-9(13)11(12)10(14)7-8;1-2-3-4-5-9-6-10(12)8-11(13)7-9/h6-7H,2-5H2,1H3;6-8H,2-5H2,1H3. The molecule has 150 valence electrons. The fourth-order valence-corrected chi connectivity index (χ4v) is 2.89. The van der Waals surface area contributed by atoms with E-state index in [0.29, 0.717) is 0 Å². The van der Waals surface area contributed by atoms with E-state index >= 15 is 0 Å². The van der Waals surface area contributed by atoms with E-state index in [0.717, 1.165) is 68.6 Å². The molecule has 0 aliphatic heterocycles. The third-order valence-corrected chi connectivity index (χ3v) is 4.86. The van der Waals surface area contributed by atoms with Crippen LogP contribution < -0.4 is 0 Å². The van der Waals surface area contributed by atoms with Gasteiger partial charge < -0.3 is 0 Å². The highest BCUT2D eigenvalue weighted by Crippen LogP contribution is 2.22. The molecule has 0 bridgehead atoms. The number of rotatable bonds is 8. The molecule has 27 heavy (non-hydrogen) atoms. The molecule has 0 aliphatic rings. The molecule has 0 amide bonds. The van der Waals surface area contributed by atoms with Crippen molar-refractivity contribution in [2.45, 2.75) is 65.2 Å². The highest BCUT2D eigenvalue weighted by molar-refractivity contribution is 9.10. The van der Waals surface area contributed by atoms with Crippen molar-refractivity contribution in [3.05, 3.63) is 69.2 Å². The number of benzene rings is 2. The largest absolute Gasteiger partial charge is 0.207 e. The maximum Gasteiger partial charge on any atom is 0.140 e. The first kappa shape index (κ1) is 23.7. The van der Waals surface area contributed by atoms with E-state index in [-0.39, 0.29) is 4.47 Å². The summed E-state index contributed by atoms with van der Waals surface area (Å²) in [5.74, 6) is -1.99. The third-order valence-electron chi connectivity index (χ3n) is 4.10. The molecule has 0 heterocycles. The van der Waals surface area contributed by atoms with Gasteiger partial charge in [-0.05, 0) is 77.0 Å². The van der Waals surface area contributed by atoms with E-state index in [9.17, 15) is 17.6 Å². The van der Waals surface area contributed by atoms with Crippen LogP contribution in [0.5, 0.6) is 0 Å². The van der Waals surface area contributed by atoms with Crippen molar-refractivity contribution in [3.8, 4) is 0 Å². The first-order valence-electron chi connectivity index (χ1n) is 9.45. The number of hydrogen-bond donors (Lipinski definition) is 0. The minimum absolute atomic E-state index is 0.0725. The zero-order valence-corrected chi connectivity index (χ0v) is 17.5. The van der Waals surface area contributed by atoms with Crippen molar-refractivity contribution in [1.29, 1.82) is 0 Å². The number of unbranched alkanes of at least 4 members (excludes halogenated alkanes) is 4. The van der Waals surface area contributed by atoms with Gasteiger partial charge in [0.1, 0.15) is 23.3 Å². The normalized spacial score (nSPS) is 10.5. The third kappa shape index (κ3) is 9.41. The van der Waals surface area contributed by atoms with Crippen LogP contribution in [0.15, 0.2) is 34.8 Å². The molecule has 2 rings (SSSR count). The van der Waals surface area contributed by atoms with Crippen LogP contribution in [0.2, 0.25) is 0 Å². The second kappa shape index (κ2) is 12.9. The zero-order chi connectivity index (χ0) is 20.2. The lowest BCUT2D eigenvalue weighted by molar-refractivity contribution is 0.566. The van der Waals surface area contributed by atoms with Gasteiger partial charge in [-0.2, -0.15) is 0 Å². The molecule has 0 spiro atoms. The van der Waals surface area contributed by atoms with E-state index < -0.39 is 23.3 Å². The Labute approximate surface area is 168 Å². The highest BCUT2D eigenvalue weighted by atomic mass is 79.9. The molecule has 0 nitrogen and oxygen atoms in total. The number of aryl methyl sites for hydroxylation is 2. The first-order chi connectivity index (χ1) is 12.9. The maximum atomic E-state index is 13.1. The molecule has 2 aromatic rings. The average Bonchev–Trinajstić information content (AvgIpc) is 2.60. The van der Waals surface area contributed by atoms with Gasteiger partial charge in [0, 0.05) is 6.07 Å². The van der Waals surface area contributed by atoms with Crippen molar-refractivity contribution >= 4 is 15.9 Å². The molecule has 2 aromatic carbocycles. The quantitative estimate of drug-likeness (QED) is 0.218. The van der Waals surface area contributed by atoms with Gasteiger partial charge in [0.15, 0.2) is 0 Å². The van der Waals surface area contributed by atoms with E-state index in [1.165, 1.54) is 24.3 Å². The Balaban J connectivity index is 0.000000271. The lowest BCUT2D eigenvalue weighted by Gasteiger charge is -2.03. The summed E-state index contributed by atoms with van der Waals surface area (Å²) in [6, 6.07) is 6.49. The van der Waals surface area contributed by atoms with Gasteiger partial charge in [0.2, 0.25) is 0 Å². The minimum Gasteiger partial charge on any atom is -0.207 e. The average molecular weight is 447 g/mol. The minimum atomic E-state index is -0.517. The molecular formula is C22H27BrF4. The fraction of sp³-hybridized carbons (Fsp3) is 0.455. The molecular weight excluding hydrogens is 420 g/mol. The van der Waals surface area contributed by atoms with Gasteiger partial charge in [0.05, 0.1) is 4.47 Å². The monoisotopic (exact) mass is 446 g/mol. The molecule has 0 saturated carbocycles. The summed E-state index contributed by atoms with van der Waals surface area (Å²) >= 11 is 2.85. The predicted molar refractivity (Wildman–Crippen MR) is 107 cm³/mol. The molecule has 0 radical (unpaired) electrons. The van der Waals surface area contributed by atoms with Crippen LogP contribution in [0.25, 0.3) is 0 Å². The summed E-state index contributed by atoms with van der Waals surface area (Å²) in [4.78, 5) is 0. The van der Waals surface area contributed by atoms with Crippen LogP contribution in [0.3, 0.4) is 0 Å². The smallest absolute Gasteiger partial charge is 0.140 e. The Morgan fingerprint density at radius 1 is 0.630 bits per heavy atom. The second-order valence-electron chi connectivity index (χ2n) is 6.57. The van der Waals surface area contributed by atoms with Gasteiger partial charge in [-0.15, -0.1) is 0 Å². The lowest BCUT2D eigenvalue weighted by Crippen LogP contribution is -1.91. The highest BCUT2D eigenvalue weighted by Gasteiger charge is 2.07. The first-order valence-corrected chi connectivity index (χ1v) is 10.2. The summed E-state index contributed by atoms with van der Waals surface area (Å²) in [5.41, 5.74) is 1.49. The predicted octanol–water partition coefficient (Wildman–Crippen LogP) is 8.16. The van der Waals surface area contributed by atoms with Crippen molar-refractivity contribution in [2.75, 3.05) is 0 Å². The Bertz CT molecular complexity index is 657. The molecule has 0 aliphatic carbocycles. The topological polar surface area (TPSA) is 0 Å². The summed E-state index contributed by atoms with van der Waals surface area (Å²) in [5, 5.41) is 0. The van der Waals surface area contributed by atoms with Gasteiger partial charge in [-0.1, -0.05) is 39.5 Å². The van der Waals surface area contributed by atoms with Crippen molar-refractivity contribution < 1.29 is 17.6 Å². The molecule has 0 fully saturated rings. The number of halogens is 5. The van der Waals surface area contributed by atoms with E-state index in [4.69, 9.17) is 0 Å². The summed E-state index contributed by atoms with van der Waals surface area (Å²) in [6.07, 6.45) is 7.94. The Morgan fingerprint density at radius 2 is 1.04 bits per heavy atom. The van der Waals surface area contributed by atoms with Crippen molar-refractivity contribution in [3.63, 3.8) is 0 Å². The van der Waals surface area contributed by atoms with Crippen LogP contribution in [0.1, 0.15) is 63.5 Å². The lowest BCUT2D eigenvalue weighted by atomic mass is 10.1.